The quantitative estimate of drug-likeness (QED) is 0.815. The van der Waals surface area contributed by atoms with E-state index in [0.29, 0.717) is 6.42 Å². The number of nitrogens with zero attached hydrogens (tertiary/aromatic N) is 2. The summed E-state index contributed by atoms with van der Waals surface area (Å²) in [6.07, 6.45) is 1.44. The summed E-state index contributed by atoms with van der Waals surface area (Å²) in [6, 6.07) is 16.2. The largest absolute Gasteiger partial charge is 0.495 e. The van der Waals surface area contributed by atoms with Crippen molar-refractivity contribution in [2.75, 3.05) is 50.1 Å². The number of rotatable bonds is 7. The number of carbonyl (C=O) groups is 1. The number of nitrogens with one attached hydrogen (secondary N) is 1. The van der Waals surface area contributed by atoms with Crippen LogP contribution in [0, 0.1) is 0 Å². The van der Waals surface area contributed by atoms with Gasteiger partial charge in [-0.05, 0) is 30.2 Å². The number of para-hydroxylation sites is 3. The van der Waals surface area contributed by atoms with E-state index in [1.54, 1.807) is 7.11 Å². The highest BCUT2D eigenvalue weighted by atomic mass is 16.5. The highest BCUT2D eigenvalue weighted by Crippen LogP contribution is 2.28. The number of hydrogen-bond donors (Lipinski definition) is 1. The van der Waals surface area contributed by atoms with Crippen LogP contribution in [0.4, 0.5) is 11.4 Å². The molecule has 1 aliphatic heterocycles. The molecule has 0 aliphatic carbocycles. The normalized spacial score (nSPS) is 14.8. The van der Waals surface area contributed by atoms with E-state index in [0.717, 1.165) is 56.3 Å². The van der Waals surface area contributed by atoms with Crippen molar-refractivity contribution >= 4 is 17.3 Å². The molecule has 2 aromatic carbocycles. The lowest BCUT2D eigenvalue weighted by Crippen LogP contribution is -2.47. The van der Waals surface area contributed by atoms with Gasteiger partial charge in [0.2, 0.25) is 5.91 Å². The summed E-state index contributed by atoms with van der Waals surface area (Å²) in [5, 5.41) is 3.06. The van der Waals surface area contributed by atoms with Crippen LogP contribution < -0.4 is 15.0 Å². The summed E-state index contributed by atoms with van der Waals surface area (Å²) in [4.78, 5) is 17.0. The van der Waals surface area contributed by atoms with Crippen molar-refractivity contribution in [1.29, 1.82) is 0 Å². The van der Waals surface area contributed by atoms with Crippen molar-refractivity contribution in [2.45, 2.75) is 19.8 Å². The van der Waals surface area contributed by atoms with Gasteiger partial charge in [0.05, 0.1) is 12.8 Å². The third-order valence-electron chi connectivity index (χ3n) is 5.13. The van der Waals surface area contributed by atoms with Crippen LogP contribution in [-0.2, 0) is 11.2 Å². The number of aryl methyl sites for hydroxylation is 1. The van der Waals surface area contributed by atoms with E-state index < -0.39 is 0 Å². The van der Waals surface area contributed by atoms with E-state index >= 15 is 0 Å². The Morgan fingerprint density at radius 2 is 1.74 bits per heavy atom. The van der Waals surface area contributed by atoms with Crippen LogP contribution in [-0.4, -0.2) is 50.6 Å². The maximum absolute atomic E-state index is 12.3. The van der Waals surface area contributed by atoms with Crippen LogP contribution in [0.25, 0.3) is 0 Å². The maximum atomic E-state index is 12.3. The number of methoxy groups -OCH3 is 1. The SMILES string of the molecule is CCc1ccccc1NC(=O)CCN1CCN(c2ccccc2OC)CC1. The van der Waals surface area contributed by atoms with Crippen molar-refractivity contribution < 1.29 is 9.53 Å². The molecule has 0 saturated carbocycles. The van der Waals surface area contributed by atoms with Crippen LogP contribution >= 0.6 is 0 Å². The maximum Gasteiger partial charge on any atom is 0.225 e. The molecule has 0 bridgehead atoms. The molecule has 0 spiro atoms. The first-order chi connectivity index (χ1) is 13.2. The van der Waals surface area contributed by atoms with Crippen molar-refractivity contribution in [3.8, 4) is 5.75 Å². The highest BCUT2D eigenvalue weighted by Gasteiger charge is 2.20. The van der Waals surface area contributed by atoms with Crippen LogP contribution in [0.2, 0.25) is 0 Å². The average Bonchev–Trinajstić information content (AvgIpc) is 2.73. The fourth-order valence-electron chi connectivity index (χ4n) is 3.53. The highest BCUT2D eigenvalue weighted by molar-refractivity contribution is 5.91. The number of piperazine rings is 1. The summed E-state index contributed by atoms with van der Waals surface area (Å²) in [5.74, 6) is 1.00. The smallest absolute Gasteiger partial charge is 0.225 e. The lowest BCUT2D eigenvalue weighted by molar-refractivity contribution is -0.116. The number of benzene rings is 2. The summed E-state index contributed by atoms with van der Waals surface area (Å²) < 4.78 is 5.47. The molecule has 1 heterocycles. The second kappa shape index (κ2) is 9.42. The van der Waals surface area contributed by atoms with Crippen molar-refractivity contribution in [1.82, 2.24) is 4.90 Å². The number of ether oxygens (including phenoxy) is 1. The predicted octanol–water partition coefficient (Wildman–Crippen LogP) is 3.41. The number of amides is 1. The Morgan fingerprint density at radius 1 is 1.04 bits per heavy atom. The molecule has 5 heteroatoms. The van der Waals surface area contributed by atoms with Crippen molar-refractivity contribution in [2.24, 2.45) is 0 Å². The van der Waals surface area contributed by atoms with E-state index in [4.69, 9.17) is 4.74 Å². The fraction of sp³-hybridized carbons (Fsp3) is 0.409. The van der Waals surface area contributed by atoms with Gasteiger partial charge in [0, 0.05) is 44.8 Å². The molecular formula is C22H29N3O2. The summed E-state index contributed by atoms with van der Waals surface area (Å²) in [6.45, 7) is 6.70. The van der Waals surface area contributed by atoms with Gasteiger partial charge < -0.3 is 15.0 Å². The molecule has 27 heavy (non-hydrogen) atoms. The lowest BCUT2D eigenvalue weighted by Gasteiger charge is -2.36. The zero-order valence-electron chi connectivity index (χ0n) is 16.3. The molecule has 0 aromatic heterocycles. The van der Waals surface area contributed by atoms with Gasteiger partial charge in [0.25, 0.3) is 0 Å². The first kappa shape index (κ1) is 19.2. The fourth-order valence-corrected chi connectivity index (χ4v) is 3.53. The Kier molecular flexibility index (Phi) is 6.71. The second-order valence-corrected chi connectivity index (χ2v) is 6.81. The van der Waals surface area contributed by atoms with E-state index in [1.165, 1.54) is 5.56 Å². The average molecular weight is 367 g/mol. The molecule has 3 rings (SSSR count). The Morgan fingerprint density at radius 3 is 2.48 bits per heavy atom. The minimum atomic E-state index is 0.0862. The van der Waals surface area contributed by atoms with Gasteiger partial charge in [-0.25, -0.2) is 0 Å². The first-order valence-corrected chi connectivity index (χ1v) is 9.69. The van der Waals surface area contributed by atoms with Gasteiger partial charge in [-0.1, -0.05) is 37.3 Å². The monoisotopic (exact) mass is 367 g/mol. The summed E-state index contributed by atoms with van der Waals surface area (Å²) in [7, 11) is 1.71. The number of hydrogen-bond acceptors (Lipinski definition) is 4. The van der Waals surface area contributed by atoms with Gasteiger partial charge in [0.1, 0.15) is 5.75 Å². The Labute approximate surface area is 161 Å². The topological polar surface area (TPSA) is 44.8 Å². The molecule has 1 fully saturated rings. The Balaban J connectivity index is 1.46. The molecule has 1 amide bonds. The van der Waals surface area contributed by atoms with Crippen LogP contribution in [0.1, 0.15) is 18.9 Å². The molecule has 1 saturated heterocycles. The Bertz CT molecular complexity index is 755. The molecule has 0 radical (unpaired) electrons. The minimum absolute atomic E-state index is 0.0862. The van der Waals surface area contributed by atoms with E-state index in [9.17, 15) is 4.79 Å². The van der Waals surface area contributed by atoms with Gasteiger partial charge >= 0.3 is 0 Å². The molecule has 2 aromatic rings. The molecule has 144 valence electrons. The van der Waals surface area contributed by atoms with Crippen molar-refractivity contribution in [3.05, 3.63) is 54.1 Å². The van der Waals surface area contributed by atoms with E-state index in [-0.39, 0.29) is 5.91 Å². The molecule has 5 nitrogen and oxygen atoms in total. The van der Waals surface area contributed by atoms with Gasteiger partial charge in [-0.15, -0.1) is 0 Å². The zero-order valence-corrected chi connectivity index (χ0v) is 16.3. The number of anilines is 2. The second-order valence-electron chi connectivity index (χ2n) is 6.81. The van der Waals surface area contributed by atoms with Gasteiger partial charge in [0.15, 0.2) is 0 Å². The summed E-state index contributed by atoms with van der Waals surface area (Å²) in [5.41, 5.74) is 3.26. The van der Waals surface area contributed by atoms with E-state index in [2.05, 4.69) is 34.2 Å². The van der Waals surface area contributed by atoms with Gasteiger partial charge in [-0.3, -0.25) is 9.69 Å². The number of carbonyl (C=O) groups excluding carboxylic acids is 1. The Hall–Kier alpha value is -2.53. The summed E-state index contributed by atoms with van der Waals surface area (Å²) >= 11 is 0. The lowest BCUT2D eigenvalue weighted by atomic mass is 10.1. The molecule has 1 N–H and O–H groups in total. The van der Waals surface area contributed by atoms with Crippen LogP contribution in [0.3, 0.4) is 0 Å². The zero-order chi connectivity index (χ0) is 19.1. The molecular weight excluding hydrogens is 338 g/mol. The van der Waals surface area contributed by atoms with E-state index in [1.807, 2.05) is 36.4 Å². The predicted molar refractivity (Wildman–Crippen MR) is 111 cm³/mol. The first-order valence-electron chi connectivity index (χ1n) is 9.69. The third kappa shape index (κ3) is 5.01. The molecule has 0 atom stereocenters. The van der Waals surface area contributed by atoms with Crippen molar-refractivity contribution in [3.63, 3.8) is 0 Å². The van der Waals surface area contributed by atoms with Gasteiger partial charge in [-0.2, -0.15) is 0 Å². The molecule has 1 aliphatic rings. The minimum Gasteiger partial charge on any atom is -0.495 e. The standard InChI is InChI=1S/C22H29N3O2/c1-3-18-8-4-5-9-19(18)23-22(26)12-13-24-14-16-25(17-15-24)20-10-6-7-11-21(20)27-2/h4-11H,3,12-17H2,1-2H3,(H,23,26). The van der Waals surface area contributed by atoms with Crippen LogP contribution in [0.5, 0.6) is 5.75 Å². The third-order valence-corrected chi connectivity index (χ3v) is 5.13. The van der Waals surface area contributed by atoms with Crippen LogP contribution in [0.15, 0.2) is 48.5 Å². The molecule has 0 unspecified atom stereocenters.